The first-order valence-electron chi connectivity index (χ1n) is 5.99. The molecule has 0 aromatic carbocycles. The van der Waals surface area contributed by atoms with Crippen LogP contribution in [0.25, 0.3) is 0 Å². The fourth-order valence-corrected chi connectivity index (χ4v) is 2.43. The first kappa shape index (κ1) is 15.7. The lowest BCUT2D eigenvalue weighted by Crippen LogP contribution is -1.91. The Balaban J connectivity index is 4.16. The average Bonchev–Trinajstić information content (AvgIpc) is 2.24. The highest BCUT2D eigenvalue weighted by molar-refractivity contribution is 7.57. The fraction of sp³-hybridized carbons (Fsp3) is 0.750. The molecular formula is C12H23O3P. The summed E-state index contributed by atoms with van der Waals surface area (Å²) in [5.74, 6) is 1.42. The molecule has 0 saturated heterocycles. The lowest BCUT2D eigenvalue weighted by molar-refractivity contribution is 0.229. The van der Waals surface area contributed by atoms with Gasteiger partial charge in [-0.15, -0.1) is 5.73 Å². The molecule has 3 nitrogen and oxygen atoms in total. The summed E-state index contributed by atoms with van der Waals surface area (Å²) in [5, 5.41) is 0. The SMILES string of the molecule is CCCCCC=C=CP(=O)(OCC)OCC. The summed E-state index contributed by atoms with van der Waals surface area (Å²) in [7, 11) is -3.04. The molecule has 0 fully saturated rings. The van der Waals surface area contributed by atoms with Gasteiger partial charge in [0.2, 0.25) is 0 Å². The fourth-order valence-electron chi connectivity index (χ4n) is 1.20. The number of rotatable bonds is 9. The summed E-state index contributed by atoms with van der Waals surface area (Å²) in [5.41, 5.74) is 2.89. The zero-order valence-electron chi connectivity index (χ0n) is 10.6. The average molecular weight is 246 g/mol. The second-order valence-corrected chi connectivity index (χ2v) is 5.23. The second-order valence-electron chi connectivity index (χ2n) is 3.37. The van der Waals surface area contributed by atoms with Gasteiger partial charge in [-0.05, 0) is 32.8 Å². The molecule has 0 bridgehead atoms. The van der Waals surface area contributed by atoms with Gasteiger partial charge in [-0.25, -0.2) is 0 Å². The number of allylic oxidation sites excluding steroid dienone is 1. The molecule has 4 heteroatoms. The van der Waals surface area contributed by atoms with Crippen LogP contribution in [-0.2, 0) is 13.6 Å². The van der Waals surface area contributed by atoms with Gasteiger partial charge < -0.3 is 9.05 Å². The smallest absolute Gasteiger partial charge is 0.305 e. The van der Waals surface area contributed by atoms with E-state index in [9.17, 15) is 4.57 Å². The van der Waals surface area contributed by atoms with Gasteiger partial charge in [0, 0.05) is 0 Å². The van der Waals surface area contributed by atoms with E-state index in [2.05, 4.69) is 12.7 Å². The van der Waals surface area contributed by atoms with E-state index >= 15 is 0 Å². The number of hydrogen-bond donors (Lipinski definition) is 0. The van der Waals surface area contributed by atoms with Crippen LogP contribution >= 0.6 is 7.60 Å². The first-order chi connectivity index (χ1) is 7.68. The molecule has 0 atom stereocenters. The van der Waals surface area contributed by atoms with Crippen LogP contribution < -0.4 is 0 Å². The van der Waals surface area contributed by atoms with Gasteiger partial charge in [0.25, 0.3) is 0 Å². The third-order valence-electron chi connectivity index (χ3n) is 1.92. The van der Waals surface area contributed by atoms with E-state index in [1.165, 1.54) is 18.7 Å². The highest BCUT2D eigenvalue weighted by atomic mass is 31.2. The standard InChI is InChI=1S/C12H23O3P/c1-4-7-8-9-10-11-12-16(13,14-5-2)15-6-3/h10,12H,4-9H2,1-3H3. The van der Waals surface area contributed by atoms with E-state index in [0.29, 0.717) is 13.2 Å². The molecule has 0 saturated carbocycles. The monoisotopic (exact) mass is 246 g/mol. The molecule has 0 N–H and O–H groups in total. The van der Waals surface area contributed by atoms with Crippen molar-refractivity contribution in [3.05, 3.63) is 17.6 Å². The van der Waals surface area contributed by atoms with Gasteiger partial charge in [0.15, 0.2) is 0 Å². The van der Waals surface area contributed by atoms with E-state index in [1.54, 1.807) is 13.8 Å². The maximum absolute atomic E-state index is 11.9. The lowest BCUT2D eigenvalue weighted by Gasteiger charge is -2.10. The Hall–Kier alpha value is -0.330. The Labute approximate surface area is 99.1 Å². The number of unbranched alkanes of at least 4 members (excludes halogenated alkanes) is 3. The van der Waals surface area contributed by atoms with Gasteiger partial charge in [-0.2, -0.15) is 0 Å². The largest absolute Gasteiger partial charge is 0.361 e. The third kappa shape index (κ3) is 7.90. The maximum atomic E-state index is 11.9. The van der Waals surface area contributed by atoms with Gasteiger partial charge in [0.1, 0.15) is 0 Å². The van der Waals surface area contributed by atoms with Gasteiger partial charge >= 0.3 is 7.60 Å². The molecule has 0 aliphatic heterocycles. The quantitative estimate of drug-likeness (QED) is 0.341. The molecule has 0 spiro atoms. The Morgan fingerprint density at radius 2 is 1.75 bits per heavy atom. The van der Waals surface area contributed by atoms with Crippen LogP contribution in [0.1, 0.15) is 46.5 Å². The van der Waals surface area contributed by atoms with E-state index in [-0.39, 0.29) is 0 Å². The highest BCUT2D eigenvalue weighted by Gasteiger charge is 2.18. The zero-order chi connectivity index (χ0) is 12.3. The van der Waals surface area contributed by atoms with Crippen LogP contribution in [0.5, 0.6) is 0 Å². The predicted molar refractivity (Wildman–Crippen MR) is 67.7 cm³/mol. The van der Waals surface area contributed by atoms with E-state index in [4.69, 9.17) is 9.05 Å². The molecule has 0 unspecified atom stereocenters. The summed E-state index contributed by atoms with van der Waals surface area (Å²) in [6.45, 7) is 6.52. The summed E-state index contributed by atoms with van der Waals surface area (Å²) in [4.78, 5) is 0. The molecule has 0 radical (unpaired) electrons. The third-order valence-corrected chi connectivity index (χ3v) is 3.62. The predicted octanol–water partition coefficient (Wildman–Crippen LogP) is 4.50. The summed E-state index contributed by atoms with van der Waals surface area (Å²) >= 11 is 0. The zero-order valence-corrected chi connectivity index (χ0v) is 11.5. The van der Waals surface area contributed by atoms with Crippen LogP contribution in [0.15, 0.2) is 17.6 Å². The molecular weight excluding hydrogens is 223 g/mol. The van der Waals surface area contributed by atoms with Gasteiger partial charge in [-0.1, -0.05) is 19.8 Å². The van der Waals surface area contributed by atoms with Crippen LogP contribution in [0.2, 0.25) is 0 Å². The van der Waals surface area contributed by atoms with E-state index in [0.717, 1.165) is 12.8 Å². The van der Waals surface area contributed by atoms with Crippen LogP contribution in [0, 0.1) is 0 Å². The molecule has 0 aromatic heterocycles. The van der Waals surface area contributed by atoms with Crippen LogP contribution in [0.4, 0.5) is 0 Å². The van der Waals surface area contributed by atoms with Crippen molar-refractivity contribution in [1.82, 2.24) is 0 Å². The summed E-state index contributed by atoms with van der Waals surface area (Å²) in [6.07, 6.45) is 6.41. The molecule has 0 aromatic rings. The Morgan fingerprint density at radius 1 is 1.12 bits per heavy atom. The Morgan fingerprint density at radius 3 is 2.25 bits per heavy atom. The van der Waals surface area contributed by atoms with Gasteiger partial charge in [-0.3, -0.25) is 4.57 Å². The van der Waals surface area contributed by atoms with E-state index < -0.39 is 7.60 Å². The molecule has 0 amide bonds. The molecule has 0 aliphatic carbocycles. The summed E-state index contributed by atoms with van der Waals surface area (Å²) in [6, 6.07) is 0. The van der Waals surface area contributed by atoms with Crippen molar-refractivity contribution >= 4 is 7.60 Å². The molecule has 0 heterocycles. The molecule has 94 valence electrons. The van der Waals surface area contributed by atoms with Crippen LogP contribution in [0.3, 0.4) is 0 Å². The number of hydrogen-bond acceptors (Lipinski definition) is 3. The van der Waals surface area contributed by atoms with Crippen molar-refractivity contribution in [3.8, 4) is 0 Å². The minimum Gasteiger partial charge on any atom is -0.305 e. The van der Waals surface area contributed by atoms with Crippen molar-refractivity contribution in [2.45, 2.75) is 46.5 Å². The van der Waals surface area contributed by atoms with Crippen molar-refractivity contribution in [1.29, 1.82) is 0 Å². The topological polar surface area (TPSA) is 35.5 Å². The maximum Gasteiger partial charge on any atom is 0.361 e. The Bertz CT molecular complexity index is 257. The lowest BCUT2D eigenvalue weighted by atomic mass is 10.2. The second kappa shape index (κ2) is 9.86. The van der Waals surface area contributed by atoms with Crippen molar-refractivity contribution in [3.63, 3.8) is 0 Å². The molecule has 0 rings (SSSR count). The molecule has 16 heavy (non-hydrogen) atoms. The summed E-state index contributed by atoms with van der Waals surface area (Å²) < 4.78 is 22.1. The van der Waals surface area contributed by atoms with Crippen molar-refractivity contribution in [2.24, 2.45) is 0 Å². The van der Waals surface area contributed by atoms with Gasteiger partial charge in [0.05, 0.1) is 19.0 Å². The molecule has 0 aliphatic rings. The van der Waals surface area contributed by atoms with Crippen molar-refractivity contribution in [2.75, 3.05) is 13.2 Å². The Kier molecular flexibility index (Phi) is 9.66. The first-order valence-corrected chi connectivity index (χ1v) is 7.60. The van der Waals surface area contributed by atoms with Crippen LogP contribution in [-0.4, -0.2) is 13.2 Å². The normalized spacial score (nSPS) is 10.9. The highest BCUT2D eigenvalue weighted by Crippen LogP contribution is 2.49. The minimum absolute atomic E-state index is 0.380. The van der Waals surface area contributed by atoms with Crippen molar-refractivity contribution < 1.29 is 13.6 Å². The minimum atomic E-state index is -3.04. The van der Waals surface area contributed by atoms with E-state index in [1.807, 2.05) is 6.08 Å².